The van der Waals surface area contributed by atoms with E-state index >= 15 is 0 Å². The van der Waals surface area contributed by atoms with Gasteiger partial charge in [-0.2, -0.15) is 0 Å². The zero-order chi connectivity index (χ0) is 5.91. The number of hydrogen-bond donors (Lipinski definition) is 3. The Kier molecular flexibility index (Phi) is 6.89. The zero-order valence-electron chi connectivity index (χ0n) is 4.57. The molecule has 0 amide bonds. The van der Waals surface area contributed by atoms with Gasteiger partial charge in [-0.3, -0.25) is 0 Å². The van der Waals surface area contributed by atoms with Crippen molar-refractivity contribution in [1.29, 1.82) is 0 Å². The molecule has 8 heavy (non-hydrogen) atoms. The molecule has 3 nitrogen and oxygen atoms in total. The van der Waals surface area contributed by atoms with Gasteiger partial charge in [-0.1, -0.05) is 18.3 Å². The van der Waals surface area contributed by atoms with Gasteiger partial charge in [0.25, 0.3) is 0 Å². The quantitative estimate of drug-likeness (QED) is 0.548. The first-order valence-electron chi connectivity index (χ1n) is 1.76. The molecule has 0 saturated carbocycles. The molecule has 0 unspecified atom stereocenters. The molecular weight excluding hydrogens is 165 g/mol. The summed E-state index contributed by atoms with van der Waals surface area (Å²) in [6, 6.07) is 0. The van der Waals surface area contributed by atoms with Crippen LogP contribution in [-0.2, 0) is 11.8 Å². The van der Waals surface area contributed by atoms with Crippen LogP contribution in [0.15, 0.2) is 0 Å². The molecule has 5 N–H and O–H groups in total. The van der Waals surface area contributed by atoms with E-state index in [4.69, 9.17) is 9.79 Å². The molecule has 52 valence electrons. The fourth-order valence-corrected chi connectivity index (χ4v) is 2.46. The highest BCUT2D eigenvalue weighted by atomic mass is 32.9. The molecule has 0 aromatic rings. The van der Waals surface area contributed by atoms with Crippen molar-refractivity contribution >= 4 is 28.9 Å². The highest BCUT2D eigenvalue weighted by molar-refractivity contribution is 8.67. The minimum atomic E-state index is -2.92. The molecule has 0 fully saturated rings. The van der Waals surface area contributed by atoms with Crippen LogP contribution in [-0.4, -0.2) is 15.5 Å². The minimum Gasteiger partial charge on any atom is -0.344 e. The molecule has 0 radical (unpaired) electrons. The predicted octanol–water partition coefficient (Wildman–Crippen LogP) is 1.11. The van der Waals surface area contributed by atoms with E-state index in [-0.39, 0.29) is 6.15 Å². The van der Waals surface area contributed by atoms with Crippen molar-refractivity contribution in [3.05, 3.63) is 0 Å². The van der Waals surface area contributed by atoms with E-state index in [0.717, 1.165) is 11.4 Å². The second-order valence-corrected chi connectivity index (χ2v) is 7.25. The van der Waals surface area contributed by atoms with Crippen LogP contribution in [0.4, 0.5) is 0 Å². The normalized spacial score (nSPS) is 10.4. The van der Waals surface area contributed by atoms with Crippen molar-refractivity contribution in [3.8, 4) is 0 Å². The molecule has 0 spiro atoms. The SMILES string of the molecule is CCSP(O)(O)=S.N. The average Bonchev–Trinajstić information content (AvgIpc) is 1.30. The molecule has 0 aliphatic heterocycles. The molecule has 0 atom stereocenters. The van der Waals surface area contributed by atoms with E-state index in [1.807, 2.05) is 6.92 Å². The van der Waals surface area contributed by atoms with Crippen molar-refractivity contribution in [2.24, 2.45) is 0 Å². The lowest BCUT2D eigenvalue weighted by Crippen LogP contribution is -1.68. The van der Waals surface area contributed by atoms with Crippen LogP contribution in [0.2, 0.25) is 0 Å². The lowest BCUT2D eigenvalue weighted by atomic mass is 11.0. The Bertz CT molecular complexity index is 92.0. The van der Waals surface area contributed by atoms with Gasteiger partial charge in [0.05, 0.1) is 0 Å². The second kappa shape index (κ2) is 4.73. The third-order valence-corrected chi connectivity index (χ3v) is 3.62. The van der Waals surface area contributed by atoms with Crippen LogP contribution in [0.25, 0.3) is 0 Å². The zero-order valence-corrected chi connectivity index (χ0v) is 7.10. The summed E-state index contributed by atoms with van der Waals surface area (Å²) < 4.78 is 0. The van der Waals surface area contributed by atoms with Crippen molar-refractivity contribution < 1.29 is 9.79 Å². The van der Waals surface area contributed by atoms with Crippen molar-refractivity contribution in [1.82, 2.24) is 6.15 Å². The van der Waals surface area contributed by atoms with E-state index in [2.05, 4.69) is 11.8 Å². The Hall–Kier alpha value is 0.880. The third kappa shape index (κ3) is 9.99. The summed E-state index contributed by atoms with van der Waals surface area (Å²) in [7, 11) is 0. The van der Waals surface area contributed by atoms with E-state index in [0.29, 0.717) is 5.75 Å². The maximum absolute atomic E-state index is 8.46. The lowest BCUT2D eigenvalue weighted by molar-refractivity contribution is 0.502. The summed E-state index contributed by atoms with van der Waals surface area (Å²) in [4.78, 5) is 16.9. The fourth-order valence-electron chi connectivity index (χ4n) is 0.168. The van der Waals surface area contributed by atoms with Crippen molar-refractivity contribution in [2.75, 3.05) is 5.75 Å². The summed E-state index contributed by atoms with van der Waals surface area (Å²) in [5.41, 5.74) is -2.92. The monoisotopic (exact) mass is 175 g/mol. The van der Waals surface area contributed by atoms with E-state index < -0.39 is 5.69 Å². The Morgan fingerprint density at radius 2 is 2.00 bits per heavy atom. The molecule has 0 heterocycles. The van der Waals surface area contributed by atoms with Crippen LogP contribution in [0.3, 0.4) is 0 Å². The maximum Gasteiger partial charge on any atom is 0.242 e. The highest BCUT2D eigenvalue weighted by Gasteiger charge is 2.03. The summed E-state index contributed by atoms with van der Waals surface area (Å²) >= 11 is 5.29. The summed E-state index contributed by atoms with van der Waals surface area (Å²) in [5, 5.41) is 0. The van der Waals surface area contributed by atoms with Crippen LogP contribution < -0.4 is 6.15 Å². The van der Waals surface area contributed by atoms with Crippen LogP contribution >= 0.6 is 17.1 Å². The predicted molar refractivity (Wildman–Crippen MR) is 41.9 cm³/mol. The van der Waals surface area contributed by atoms with Gasteiger partial charge in [0.2, 0.25) is 5.69 Å². The van der Waals surface area contributed by atoms with Gasteiger partial charge < -0.3 is 15.9 Å². The van der Waals surface area contributed by atoms with E-state index in [9.17, 15) is 0 Å². The van der Waals surface area contributed by atoms with E-state index in [1.165, 1.54) is 0 Å². The molecule has 0 rings (SSSR count). The van der Waals surface area contributed by atoms with Gasteiger partial charge in [-0.05, 0) is 17.6 Å². The largest absolute Gasteiger partial charge is 0.344 e. The molecule has 0 aliphatic rings. The smallest absolute Gasteiger partial charge is 0.242 e. The fraction of sp³-hybridized carbons (Fsp3) is 1.00. The summed E-state index contributed by atoms with van der Waals surface area (Å²) in [6.07, 6.45) is 0. The molecule has 0 aromatic heterocycles. The second-order valence-electron chi connectivity index (χ2n) is 0.908. The van der Waals surface area contributed by atoms with E-state index in [1.54, 1.807) is 0 Å². The topological polar surface area (TPSA) is 75.5 Å². The van der Waals surface area contributed by atoms with Gasteiger partial charge in [-0.15, -0.1) is 0 Å². The first kappa shape index (κ1) is 11.6. The van der Waals surface area contributed by atoms with Crippen LogP contribution in [0.1, 0.15) is 6.92 Å². The number of hydrogen-bond acceptors (Lipinski definition) is 3. The number of rotatable bonds is 2. The first-order chi connectivity index (χ1) is 3.06. The first-order valence-corrected chi connectivity index (χ1v) is 6.06. The van der Waals surface area contributed by atoms with Crippen molar-refractivity contribution in [2.45, 2.75) is 6.92 Å². The molecular formula is C2H10NO2PS2. The molecule has 0 aromatic carbocycles. The van der Waals surface area contributed by atoms with Crippen LogP contribution in [0.5, 0.6) is 0 Å². The Morgan fingerprint density at radius 3 is 2.00 bits per heavy atom. The third-order valence-electron chi connectivity index (χ3n) is 0.297. The van der Waals surface area contributed by atoms with Crippen molar-refractivity contribution in [3.63, 3.8) is 0 Å². The summed E-state index contributed by atoms with van der Waals surface area (Å²) in [6.45, 7) is 1.83. The molecule has 0 bridgehead atoms. The minimum absolute atomic E-state index is 0. The summed E-state index contributed by atoms with van der Waals surface area (Å²) in [5.74, 6) is 0.671. The molecule has 0 aliphatic carbocycles. The van der Waals surface area contributed by atoms with Gasteiger partial charge in [-0.25, -0.2) is 0 Å². The van der Waals surface area contributed by atoms with Gasteiger partial charge in [0.15, 0.2) is 0 Å². The standard InChI is InChI=1S/C2H7O2PS2.H3N/c1-2-7-5(3,4)6;/h2H2,1H3,(H2,3,4,6);1H3. The highest BCUT2D eigenvalue weighted by Crippen LogP contribution is 2.49. The molecule has 6 heteroatoms. The Morgan fingerprint density at radius 1 is 1.62 bits per heavy atom. The molecule has 0 saturated heterocycles. The maximum atomic E-state index is 8.46. The average molecular weight is 175 g/mol. The van der Waals surface area contributed by atoms with Crippen LogP contribution in [0, 0.1) is 0 Å². The van der Waals surface area contributed by atoms with Gasteiger partial charge >= 0.3 is 0 Å². The van der Waals surface area contributed by atoms with Gasteiger partial charge in [0.1, 0.15) is 0 Å². The lowest BCUT2D eigenvalue weighted by Gasteiger charge is -2.00. The van der Waals surface area contributed by atoms with Gasteiger partial charge in [0, 0.05) is 0 Å². The Balaban J connectivity index is 0. The Labute approximate surface area is 58.0 Å².